The van der Waals surface area contributed by atoms with Gasteiger partial charge in [-0.05, 0) is 32.7 Å². The van der Waals surface area contributed by atoms with Crippen molar-refractivity contribution in [3.05, 3.63) is 16.9 Å². The van der Waals surface area contributed by atoms with Gasteiger partial charge in [-0.25, -0.2) is 0 Å². The Morgan fingerprint density at radius 1 is 1.60 bits per heavy atom. The highest BCUT2D eigenvalue weighted by molar-refractivity contribution is 8.00. The molecule has 20 heavy (non-hydrogen) atoms. The van der Waals surface area contributed by atoms with Gasteiger partial charge < -0.3 is 4.90 Å². The van der Waals surface area contributed by atoms with E-state index in [4.69, 9.17) is 17.4 Å². The van der Waals surface area contributed by atoms with Crippen LogP contribution in [0.4, 0.5) is 0 Å². The molecule has 1 fully saturated rings. The van der Waals surface area contributed by atoms with Gasteiger partial charge in [0.2, 0.25) is 0 Å². The van der Waals surface area contributed by atoms with Crippen molar-refractivity contribution in [3.63, 3.8) is 0 Å². The molecule has 7 heteroatoms. The van der Waals surface area contributed by atoms with E-state index in [0.29, 0.717) is 10.3 Å². The maximum absolute atomic E-state index is 6.35. The Balaban J connectivity index is 2.17. The third kappa shape index (κ3) is 3.89. The highest BCUT2D eigenvalue weighted by atomic mass is 35.5. The lowest BCUT2D eigenvalue weighted by Crippen LogP contribution is -2.38. The van der Waals surface area contributed by atoms with Crippen molar-refractivity contribution >= 4 is 23.4 Å². The second kappa shape index (κ2) is 7.66. The molecule has 2 atom stereocenters. The minimum Gasteiger partial charge on any atom is -0.308 e. The largest absolute Gasteiger partial charge is 0.308 e. The van der Waals surface area contributed by atoms with Crippen LogP contribution in [0, 0.1) is 0 Å². The van der Waals surface area contributed by atoms with E-state index in [0.717, 1.165) is 18.8 Å². The van der Waals surface area contributed by atoms with E-state index in [2.05, 4.69) is 29.5 Å². The molecule has 114 valence electrons. The molecule has 2 rings (SSSR count). The van der Waals surface area contributed by atoms with E-state index in [-0.39, 0.29) is 6.04 Å². The van der Waals surface area contributed by atoms with Gasteiger partial charge in [-0.2, -0.15) is 16.9 Å². The molecule has 1 aliphatic rings. The molecule has 3 N–H and O–H groups in total. The summed E-state index contributed by atoms with van der Waals surface area (Å²) >= 11 is 8.33. The lowest BCUT2D eigenvalue weighted by atomic mass is 10.0. The summed E-state index contributed by atoms with van der Waals surface area (Å²) in [5.41, 5.74) is 3.99. The number of thioether (sulfide) groups is 1. The third-order valence-corrected chi connectivity index (χ3v) is 5.40. The van der Waals surface area contributed by atoms with Crippen LogP contribution in [0.25, 0.3) is 0 Å². The summed E-state index contributed by atoms with van der Waals surface area (Å²) in [5, 5.41) is 5.58. The number of nitrogens with one attached hydrogen (secondary N) is 1. The zero-order valence-corrected chi connectivity index (χ0v) is 13.8. The molecule has 5 nitrogen and oxygen atoms in total. The predicted molar refractivity (Wildman–Crippen MR) is 86.0 cm³/mol. The topological polar surface area (TPSA) is 59.1 Å². The number of likely N-dealkylation sites (N-methyl/N-ethyl adjacent to an activating group) is 1. The number of nitrogens with zero attached hydrogens (tertiary/aromatic N) is 3. The second-order valence-corrected chi connectivity index (χ2v) is 7.21. The Labute approximate surface area is 130 Å². The molecule has 2 unspecified atom stereocenters. The number of halogens is 1. The fraction of sp³-hybridized carbons (Fsp3) is 0.769. The van der Waals surface area contributed by atoms with Gasteiger partial charge in [0.1, 0.15) is 0 Å². The molecule has 0 saturated carbocycles. The van der Waals surface area contributed by atoms with Gasteiger partial charge in [0, 0.05) is 11.8 Å². The highest BCUT2D eigenvalue weighted by Gasteiger charge is 2.29. The van der Waals surface area contributed by atoms with Crippen LogP contribution in [0.2, 0.25) is 5.02 Å². The average molecular weight is 318 g/mol. The van der Waals surface area contributed by atoms with Gasteiger partial charge in [-0.3, -0.25) is 16.0 Å². The quantitative estimate of drug-likeness (QED) is 0.620. The van der Waals surface area contributed by atoms with Crippen LogP contribution in [0.15, 0.2) is 6.20 Å². The number of hydrogen-bond donors (Lipinski definition) is 2. The van der Waals surface area contributed by atoms with E-state index >= 15 is 0 Å². The van der Waals surface area contributed by atoms with Gasteiger partial charge in [-0.1, -0.05) is 18.0 Å². The maximum atomic E-state index is 6.35. The standard InChI is InChI=1S/C13H24ClN5S/c1-18(2)6-7-19-13(10(14)9-16-19)12(17-15)11-5-3-4-8-20-11/h9,11-12,17H,3-8,15H2,1-2H3. The molecule has 2 heterocycles. The predicted octanol–water partition coefficient (Wildman–Crippen LogP) is 1.89. The molecule has 1 aliphatic heterocycles. The Morgan fingerprint density at radius 2 is 2.40 bits per heavy atom. The lowest BCUT2D eigenvalue weighted by Gasteiger charge is -2.30. The van der Waals surface area contributed by atoms with E-state index in [1.807, 2.05) is 16.4 Å². The number of hydrogen-bond acceptors (Lipinski definition) is 5. The summed E-state index contributed by atoms with van der Waals surface area (Å²) < 4.78 is 1.99. The monoisotopic (exact) mass is 317 g/mol. The first-order valence-corrected chi connectivity index (χ1v) is 8.50. The Bertz CT molecular complexity index is 417. The summed E-state index contributed by atoms with van der Waals surface area (Å²) in [5.74, 6) is 7.02. The molecule has 1 aromatic heterocycles. The Kier molecular flexibility index (Phi) is 6.17. The molecule has 1 saturated heterocycles. The average Bonchev–Trinajstić information content (AvgIpc) is 2.80. The van der Waals surface area contributed by atoms with E-state index in [1.165, 1.54) is 25.0 Å². The van der Waals surface area contributed by atoms with Crippen LogP contribution in [-0.2, 0) is 6.54 Å². The molecule has 0 amide bonds. The van der Waals surface area contributed by atoms with Crippen LogP contribution in [0.1, 0.15) is 31.0 Å². The molecular weight excluding hydrogens is 294 g/mol. The Hall–Kier alpha value is -0.270. The summed E-state index contributed by atoms with van der Waals surface area (Å²) in [6.45, 7) is 1.75. The van der Waals surface area contributed by atoms with Crippen LogP contribution in [0.5, 0.6) is 0 Å². The fourth-order valence-electron chi connectivity index (χ4n) is 2.54. The first-order valence-electron chi connectivity index (χ1n) is 7.07. The molecule has 0 spiro atoms. The van der Waals surface area contributed by atoms with Gasteiger partial charge in [-0.15, -0.1) is 0 Å². The van der Waals surface area contributed by atoms with E-state index in [9.17, 15) is 0 Å². The first-order chi connectivity index (χ1) is 9.63. The Morgan fingerprint density at radius 3 is 3.00 bits per heavy atom. The zero-order chi connectivity index (χ0) is 14.5. The van der Waals surface area contributed by atoms with E-state index in [1.54, 1.807) is 6.20 Å². The van der Waals surface area contributed by atoms with Crippen molar-refractivity contribution in [3.8, 4) is 0 Å². The van der Waals surface area contributed by atoms with Crippen LogP contribution in [0.3, 0.4) is 0 Å². The summed E-state index contributed by atoms with van der Waals surface area (Å²) in [6.07, 6.45) is 5.46. The van der Waals surface area contributed by atoms with E-state index < -0.39 is 0 Å². The lowest BCUT2D eigenvalue weighted by molar-refractivity contribution is 0.359. The normalized spacial score (nSPS) is 21.4. The van der Waals surface area contributed by atoms with Crippen molar-refractivity contribution in [1.82, 2.24) is 20.1 Å². The van der Waals surface area contributed by atoms with Gasteiger partial charge in [0.05, 0.1) is 29.5 Å². The SMILES string of the molecule is CN(C)CCn1ncc(Cl)c1C(NN)C1CCCCS1. The van der Waals surface area contributed by atoms with Crippen molar-refractivity contribution in [2.75, 3.05) is 26.4 Å². The van der Waals surface area contributed by atoms with Crippen molar-refractivity contribution in [2.45, 2.75) is 37.1 Å². The minimum atomic E-state index is 0.0671. The molecular formula is C13H24ClN5S. The smallest absolute Gasteiger partial charge is 0.0835 e. The van der Waals surface area contributed by atoms with Gasteiger partial charge >= 0.3 is 0 Å². The number of rotatable bonds is 6. The zero-order valence-electron chi connectivity index (χ0n) is 12.2. The first kappa shape index (κ1) is 16.1. The van der Waals surface area contributed by atoms with Crippen LogP contribution < -0.4 is 11.3 Å². The van der Waals surface area contributed by atoms with Crippen molar-refractivity contribution < 1.29 is 0 Å². The number of nitrogens with two attached hydrogens (primary N) is 1. The summed E-state index contributed by atoms with van der Waals surface area (Å²) in [4.78, 5) is 2.14. The third-order valence-electron chi connectivity index (χ3n) is 3.65. The highest BCUT2D eigenvalue weighted by Crippen LogP contribution is 2.36. The second-order valence-electron chi connectivity index (χ2n) is 5.45. The van der Waals surface area contributed by atoms with Crippen LogP contribution in [-0.4, -0.2) is 46.3 Å². The number of hydrazine groups is 1. The molecule has 0 radical (unpaired) electrons. The summed E-state index contributed by atoms with van der Waals surface area (Å²) in [6, 6.07) is 0.0671. The van der Waals surface area contributed by atoms with Crippen molar-refractivity contribution in [2.24, 2.45) is 5.84 Å². The molecule has 1 aromatic rings. The molecule has 0 aromatic carbocycles. The molecule has 0 bridgehead atoms. The summed E-state index contributed by atoms with van der Waals surface area (Å²) in [7, 11) is 4.11. The molecule has 0 aliphatic carbocycles. The van der Waals surface area contributed by atoms with Gasteiger partial charge in [0.25, 0.3) is 0 Å². The maximum Gasteiger partial charge on any atom is 0.0835 e. The van der Waals surface area contributed by atoms with Gasteiger partial charge in [0.15, 0.2) is 0 Å². The number of aromatic nitrogens is 2. The minimum absolute atomic E-state index is 0.0671. The van der Waals surface area contributed by atoms with Crippen molar-refractivity contribution in [1.29, 1.82) is 0 Å². The van der Waals surface area contributed by atoms with Crippen LogP contribution >= 0.6 is 23.4 Å². The fourth-order valence-corrected chi connectivity index (χ4v) is 4.21.